The molecule has 8 nitrogen and oxygen atoms in total. The number of imidazole rings is 1. The maximum Gasteiger partial charge on any atom is 0.332 e. The number of hydrogen-bond acceptors (Lipinski definition) is 5. The summed E-state index contributed by atoms with van der Waals surface area (Å²) in [5.41, 5.74) is 6.79. The van der Waals surface area contributed by atoms with Gasteiger partial charge >= 0.3 is 5.69 Å². The second kappa shape index (κ2) is 7.68. The predicted molar refractivity (Wildman–Crippen MR) is 112 cm³/mol. The van der Waals surface area contributed by atoms with Crippen LogP contribution in [-0.2, 0) is 20.6 Å². The fraction of sp³-hybridized carbons (Fsp3) is 0.450. The highest BCUT2D eigenvalue weighted by molar-refractivity contribution is 6.31. The van der Waals surface area contributed by atoms with Gasteiger partial charge in [-0.2, -0.15) is 4.98 Å². The SMILES string of the molecule is Cn1c(=O)c2c(nc(OC3CCCCC3N)n2Cc2ccccc2Cl)n(C)c1=O. The van der Waals surface area contributed by atoms with Gasteiger partial charge in [-0.3, -0.25) is 18.5 Å². The van der Waals surface area contributed by atoms with Crippen molar-refractivity contribution < 1.29 is 4.74 Å². The Bertz CT molecular complexity index is 1180. The Hall–Kier alpha value is -2.58. The van der Waals surface area contributed by atoms with Gasteiger partial charge in [0.15, 0.2) is 11.2 Å². The third-order valence-electron chi connectivity index (χ3n) is 5.61. The molecule has 0 amide bonds. The monoisotopic (exact) mass is 417 g/mol. The Labute approximate surface area is 172 Å². The van der Waals surface area contributed by atoms with Crippen LogP contribution in [0.4, 0.5) is 0 Å². The van der Waals surface area contributed by atoms with Gasteiger partial charge < -0.3 is 10.5 Å². The van der Waals surface area contributed by atoms with Gasteiger partial charge in [0.05, 0.1) is 6.54 Å². The molecule has 29 heavy (non-hydrogen) atoms. The molecular weight excluding hydrogens is 394 g/mol. The summed E-state index contributed by atoms with van der Waals surface area (Å²) in [4.78, 5) is 29.8. The van der Waals surface area contributed by atoms with Crippen molar-refractivity contribution in [2.75, 3.05) is 0 Å². The number of hydrogen-bond donors (Lipinski definition) is 1. The van der Waals surface area contributed by atoms with Crippen LogP contribution in [0.25, 0.3) is 11.2 Å². The standard InChI is InChI=1S/C20H24ClN5O3/c1-24-17-16(18(27)25(2)20(24)28)26(11-12-7-3-4-8-13(12)21)19(23-17)29-15-10-6-5-9-14(15)22/h3-4,7-8,14-15H,5-6,9-11,22H2,1-2H3. The molecule has 0 spiro atoms. The van der Waals surface area contributed by atoms with Crippen molar-refractivity contribution in [3.8, 4) is 6.01 Å². The van der Waals surface area contributed by atoms with Crippen LogP contribution in [-0.4, -0.2) is 30.8 Å². The van der Waals surface area contributed by atoms with Crippen LogP contribution in [0.5, 0.6) is 6.01 Å². The summed E-state index contributed by atoms with van der Waals surface area (Å²) >= 11 is 6.35. The van der Waals surface area contributed by atoms with E-state index in [1.807, 2.05) is 18.2 Å². The maximum atomic E-state index is 12.9. The highest BCUT2D eigenvalue weighted by atomic mass is 35.5. The largest absolute Gasteiger partial charge is 0.460 e. The molecule has 2 unspecified atom stereocenters. The Morgan fingerprint density at radius 2 is 1.90 bits per heavy atom. The lowest BCUT2D eigenvalue weighted by molar-refractivity contribution is 0.117. The number of rotatable bonds is 4. The fourth-order valence-corrected chi connectivity index (χ4v) is 4.06. The van der Waals surface area contributed by atoms with Crippen LogP contribution < -0.4 is 21.7 Å². The molecule has 0 radical (unpaired) electrons. The van der Waals surface area contributed by atoms with Crippen LogP contribution in [0.3, 0.4) is 0 Å². The van der Waals surface area contributed by atoms with E-state index in [2.05, 4.69) is 4.98 Å². The number of benzene rings is 1. The number of aromatic nitrogens is 4. The van der Waals surface area contributed by atoms with Crippen molar-refractivity contribution in [1.82, 2.24) is 18.7 Å². The number of halogens is 1. The second-order valence-corrected chi connectivity index (χ2v) is 7.96. The molecule has 2 heterocycles. The highest BCUT2D eigenvalue weighted by Gasteiger charge is 2.27. The zero-order valence-corrected chi connectivity index (χ0v) is 17.2. The molecule has 0 aliphatic heterocycles. The average molecular weight is 418 g/mol. The van der Waals surface area contributed by atoms with Crippen molar-refractivity contribution in [3.05, 3.63) is 55.7 Å². The van der Waals surface area contributed by atoms with E-state index in [1.54, 1.807) is 17.7 Å². The smallest absolute Gasteiger partial charge is 0.332 e. The van der Waals surface area contributed by atoms with E-state index < -0.39 is 11.2 Å². The Morgan fingerprint density at radius 1 is 1.17 bits per heavy atom. The van der Waals surface area contributed by atoms with E-state index >= 15 is 0 Å². The van der Waals surface area contributed by atoms with Crippen LogP contribution in [0.1, 0.15) is 31.2 Å². The molecular formula is C20H24ClN5O3. The van der Waals surface area contributed by atoms with Crippen LogP contribution in [0, 0.1) is 0 Å². The minimum atomic E-state index is -0.439. The molecule has 2 aromatic heterocycles. The lowest BCUT2D eigenvalue weighted by atomic mass is 9.93. The third-order valence-corrected chi connectivity index (χ3v) is 5.98. The zero-order chi connectivity index (χ0) is 20.7. The van der Waals surface area contributed by atoms with E-state index in [9.17, 15) is 9.59 Å². The quantitative estimate of drug-likeness (QED) is 0.697. The minimum Gasteiger partial charge on any atom is -0.460 e. The van der Waals surface area contributed by atoms with Crippen LogP contribution in [0.2, 0.25) is 5.02 Å². The van der Waals surface area contributed by atoms with Crippen molar-refractivity contribution in [3.63, 3.8) is 0 Å². The Morgan fingerprint density at radius 3 is 2.62 bits per heavy atom. The first-order chi connectivity index (χ1) is 13.9. The Balaban J connectivity index is 1.90. The van der Waals surface area contributed by atoms with Crippen molar-refractivity contribution >= 4 is 22.8 Å². The molecule has 154 valence electrons. The van der Waals surface area contributed by atoms with Gasteiger partial charge in [-0.25, -0.2) is 4.79 Å². The predicted octanol–water partition coefficient (Wildman–Crippen LogP) is 1.78. The summed E-state index contributed by atoms with van der Waals surface area (Å²) in [5.74, 6) is 0. The summed E-state index contributed by atoms with van der Waals surface area (Å²) in [6.45, 7) is 0.293. The first kappa shape index (κ1) is 19.7. The number of ether oxygens (including phenoxy) is 1. The molecule has 1 fully saturated rings. The Kier molecular flexibility index (Phi) is 5.23. The molecule has 0 bridgehead atoms. The van der Waals surface area contributed by atoms with E-state index in [-0.39, 0.29) is 23.8 Å². The maximum absolute atomic E-state index is 12.9. The van der Waals surface area contributed by atoms with Gasteiger partial charge in [-0.05, 0) is 30.9 Å². The fourth-order valence-electron chi connectivity index (χ4n) is 3.87. The van der Waals surface area contributed by atoms with Crippen molar-refractivity contribution in [1.29, 1.82) is 0 Å². The first-order valence-corrected chi connectivity index (χ1v) is 10.1. The van der Waals surface area contributed by atoms with Gasteiger partial charge in [-0.1, -0.05) is 36.2 Å². The summed E-state index contributed by atoms with van der Waals surface area (Å²) in [6, 6.07) is 7.59. The van der Waals surface area contributed by atoms with Crippen LogP contribution in [0.15, 0.2) is 33.9 Å². The summed E-state index contributed by atoms with van der Waals surface area (Å²) in [5, 5.41) is 0.580. The number of nitrogens with two attached hydrogens (primary N) is 1. The van der Waals surface area contributed by atoms with E-state index in [0.29, 0.717) is 17.1 Å². The number of nitrogens with zero attached hydrogens (tertiary/aromatic N) is 4. The van der Waals surface area contributed by atoms with E-state index in [0.717, 1.165) is 35.8 Å². The van der Waals surface area contributed by atoms with Gasteiger partial charge in [0, 0.05) is 25.2 Å². The lowest BCUT2D eigenvalue weighted by Gasteiger charge is -2.28. The van der Waals surface area contributed by atoms with Gasteiger partial charge in [0.1, 0.15) is 6.10 Å². The van der Waals surface area contributed by atoms with E-state index in [1.165, 1.54) is 11.6 Å². The molecule has 4 rings (SSSR count). The summed E-state index contributed by atoms with van der Waals surface area (Å²) in [7, 11) is 3.04. The number of fused-ring (bicyclic) bond motifs is 1. The van der Waals surface area contributed by atoms with Gasteiger partial charge in [0.25, 0.3) is 11.6 Å². The highest BCUT2D eigenvalue weighted by Crippen LogP contribution is 2.27. The summed E-state index contributed by atoms with van der Waals surface area (Å²) in [6.07, 6.45) is 3.63. The van der Waals surface area contributed by atoms with Crippen LogP contribution >= 0.6 is 11.6 Å². The zero-order valence-electron chi connectivity index (χ0n) is 16.5. The lowest BCUT2D eigenvalue weighted by Crippen LogP contribution is -2.41. The normalized spacial score (nSPS) is 19.6. The topological polar surface area (TPSA) is 97.1 Å². The molecule has 1 aliphatic rings. The molecule has 1 saturated carbocycles. The molecule has 2 atom stereocenters. The summed E-state index contributed by atoms with van der Waals surface area (Å²) < 4.78 is 10.3. The molecule has 0 saturated heterocycles. The molecule has 2 N–H and O–H groups in total. The molecule has 1 aliphatic carbocycles. The second-order valence-electron chi connectivity index (χ2n) is 7.55. The first-order valence-electron chi connectivity index (χ1n) is 9.70. The molecule has 3 aromatic rings. The van der Waals surface area contributed by atoms with E-state index in [4.69, 9.17) is 22.1 Å². The molecule has 9 heteroatoms. The van der Waals surface area contributed by atoms with Gasteiger partial charge in [-0.15, -0.1) is 0 Å². The van der Waals surface area contributed by atoms with Crippen molar-refractivity contribution in [2.24, 2.45) is 19.8 Å². The minimum absolute atomic E-state index is 0.0935. The number of aryl methyl sites for hydroxylation is 1. The van der Waals surface area contributed by atoms with Gasteiger partial charge in [0.2, 0.25) is 0 Å². The van der Waals surface area contributed by atoms with Crippen molar-refractivity contribution in [2.45, 2.75) is 44.4 Å². The average Bonchev–Trinajstić information content (AvgIpc) is 3.06. The third kappa shape index (κ3) is 3.47. The molecule has 1 aromatic carbocycles.